The fourth-order valence-corrected chi connectivity index (χ4v) is 1.94. The van der Waals surface area contributed by atoms with Crippen molar-refractivity contribution in [2.24, 2.45) is 0 Å². The van der Waals surface area contributed by atoms with Gasteiger partial charge < -0.3 is 15.3 Å². The minimum atomic E-state index is -0.581. The van der Waals surface area contributed by atoms with Crippen molar-refractivity contribution < 1.29 is 15.3 Å². The fraction of sp³-hybridized carbons (Fsp3) is 0.400. The van der Waals surface area contributed by atoms with Crippen molar-refractivity contribution in [2.45, 2.75) is 24.9 Å². The molecule has 0 saturated heterocycles. The van der Waals surface area contributed by atoms with E-state index in [0.29, 0.717) is 10.9 Å². The molecule has 0 spiro atoms. The van der Waals surface area contributed by atoms with Crippen LogP contribution in [0.25, 0.3) is 0 Å². The Balaban J connectivity index is 2.26. The zero-order valence-electron chi connectivity index (χ0n) is 7.50. The first kappa shape index (κ1) is 9.80. The standard InChI is InChI=1S/C10H11BrO3/c11-7-3-6(4-8(12)9(7)13)5-10(14)1-2-10/h3-4,12-14H,1-2,5H2. The van der Waals surface area contributed by atoms with E-state index in [1.165, 1.54) is 6.07 Å². The van der Waals surface area contributed by atoms with Gasteiger partial charge >= 0.3 is 0 Å². The van der Waals surface area contributed by atoms with E-state index < -0.39 is 5.60 Å². The van der Waals surface area contributed by atoms with Crippen molar-refractivity contribution >= 4 is 15.9 Å². The average molecular weight is 259 g/mol. The monoisotopic (exact) mass is 258 g/mol. The average Bonchev–Trinajstić information content (AvgIpc) is 2.79. The topological polar surface area (TPSA) is 60.7 Å². The first-order valence-corrected chi connectivity index (χ1v) is 5.22. The van der Waals surface area contributed by atoms with E-state index in [4.69, 9.17) is 0 Å². The van der Waals surface area contributed by atoms with Crippen LogP contribution >= 0.6 is 15.9 Å². The zero-order valence-corrected chi connectivity index (χ0v) is 9.08. The highest BCUT2D eigenvalue weighted by molar-refractivity contribution is 9.10. The number of benzene rings is 1. The molecule has 3 N–H and O–H groups in total. The van der Waals surface area contributed by atoms with Gasteiger partial charge in [-0.2, -0.15) is 0 Å². The van der Waals surface area contributed by atoms with E-state index in [2.05, 4.69) is 15.9 Å². The van der Waals surface area contributed by atoms with Crippen LogP contribution < -0.4 is 0 Å². The summed E-state index contributed by atoms with van der Waals surface area (Å²) in [6.45, 7) is 0. The van der Waals surface area contributed by atoms with E-state index in [0.717, 1.165) is 18.4 Å². The molecule has 0 aliphatic heterocycles. The molecule has 0 amide bonds. The van der Waals surface area contributed by atoms with Crippen molar-refractivity contribution in [1.82, 2.24) is 0 Å². The lowest BCUT2D eigenvalue weighted by Gasteiger charge is -2.09. The summed E-state index contributed by atoms with van der Waals surface area (Å²) in [6, 6.07) is 3.20. The van der Waals surface area contributed by atoms with Gasteiger partial charge in [-0.05, 0) is 46.5 Å². The minimum absolute atomic E-state index is 0.154. The van der Waals surface area contributed by atoms with Crippen molar-refractivity contribution in [1.29, 1.82) is 0 Å². The van der Waals surface area contributed by atoms with Gasteiger partial charge in [0.2, 0.25) is 0 Å². The fourth-order valence-electron chi connectivity index (χ4n) is 1.44. The van der Waals surface area contributed by atoms with E-state index in [1.54, 1.807) is 6.07 Å². The normalized spacial score (nSPS) is 18.1. The molecule has 1 fully saturated rings. The van der Waals surface area contributed by atoms with Crippen molar-refractivity contribution in [3.8, 4) is 11.5 Å². The minimum Gasteiger partial charge on any atom is -0.504 e. The molecule has 0 unspecified atom stereocenters. The lowest BCUT2D eigenvalue weighted by Crippen LogP contribution is -2.10. The molecular weight excluding hydrogens is 248 g/mol. The summed E-state index contributed by atoms with van der Waals surface area (Å²) in [6.07, 6.45) is 2.15. The predicted molar refractivity (Wildman–Crippen MR) is 55.4 cm³/mol. The van der Waals surface area contributed by atoms with Crippen LogP contribution in [0.4, 0.5) is 0 Å². The van der Waals surface area contributed by atoms with E-state index in [-0.39, 0.29) is 11.5 Å². The Morgan fingerprint density at radius 2 is 1.93 bits per heavy atom. The van der Waals surface area contributed by atoms with Gasteiger partial charge in [0.1, 0.15) is 0 Å². The molecule has 0 aromatic heterocycles. The second-order valence-corrected chi connectivity index (χ2v) is 4.70. The number of aliphatic hydroxyl groups is 1. The first-order valence-electron chi connectivity index (χ1n) is 4.43. The van der Waals surface area contributed by atoms with E-state index >= 15 is 0 Å². The van der Waals surface area contributed by atoms with Crippen LogP contribution in [0.3, 0.4) is 0 Å². The summed E-state index contributed by atoms with van der Waals surface area (Å²) in [5.41, 5.74) is 0.246. The summed E-state index contributed by atoms with van der Waals surface area (Å²) in [4.78, 5) is 0. The number of halogens is 1. The number of hydrogen-bond acceptors (Lipinski definition) is 3. The van der Waals surface area contributed by atoms with Crippen molar-refractivity contribution in [3.63, 3.8) is 0 Å². The predicted octanol–water partition coefficient (Wildman–Crippen LogP) is 1.93. The molecule has 3 nitrogen and oxygen atoms in total. The van der Waals surface area contributed by atoms with Gasteiger partial charge in [-0.1, -0.05) is 0 Å². The Labute approximate surface area is 90.1 Å². The van der Waals surface area contributed by atoms with Gasteiger partial charge in [-0.25, -0.2) is 0 Å². The quantitative estimate of drug-likeness (QED) is 0.711. The Morgan fingerprint density at radius 3 is 2.43 bits per heavy atom. The third-order valence-corrected chi connectivity index (χ3v) is 3.07. The zero-order chi connectivity index (χ0) is 10.3. The molecule has 1 aromatic rings. The summed E-state index contributed by atoms with van der Waals surface area (Å²) < 4.78 is 0.455. The highest BCUT2D eigenvalue weighted by Crippen LogP contribution is 2.41. The third kappa shape index (κ3) is 1.86. The largest absolute Gasteiger partial charge is 0.504 e. The Morgan fingerprint density at radius 1 is 1.29 bits per heavy atom. The maximum absolute atomic E-state index is 9.67. The summed E-state index contributed by atoms with van der Waals surface area (Å²) in [5, 5.41) is 28.3. The summed E-state index contributed by atoms with van der Waals surface area (Å²) in [7, 11) is 0. The van der Waals surface area contributed by atoms with Crippen LogP contribution in [0.15, 0.2) is 16.6 Å². The Bertz CT molecular complexity index is 349. The third-order valence-electron chi connectivity index (χ3n) is 2.46. The molecule has 0 atom stereocenters. The summed E-state index contributed by atoms with van der Waals surface area (Å²) in [5.74, 6) is -0.310. The molecular formula is C10H11BrO3. The number of phenolic OH excluding ortho intramolecular Hbond substituents is 2. The van der Waals surface area contributed by atoms with Gasteiger partial charge in [0.25, 0.3) is 0 Å². The molecule has 1 saturated carbocycles. The Kier molecular flexibility index (Phi) is 2.20. The van der Waals surface area contributed by atoms with E-state index in [1.807, 2.05) is 0 Å². The molecule has 14 heavy (non-hydrogen) atoms. The number of rotatable bonds is 2. The molecule has 1 aliphatic carbocycles. The van der Waals surface area contributed by atoms with Gasteiger partial charge in [0, 0.05) is 6.42 Å². The SMILES string of the molecule is Oc1cc(CC2(O)CC2)cc(Br)c1O. The highest BCUT2D eigenvalue weighted by Gasteiger charge is 2.40. The number of aromatic hydroxyl groups is 2. The van der Waals surface area contributed by atoms with Crippen LogP contribution in [-0.2, 0) is 6.42 Å². The van der Waals surface area contributed by atoms with Crippen molar-refractivity contribution in [2.75, 3.05) is 0 Å². The summed E-state index contributed by atoms with van der Waals surface area (Å²) >= 11 is 3.13. The van der Waals surface area contributed by atoms with Crippen LogP contribution in [0.5, 0.6) is 11.5 Å². The molecule has 1 aliphatic rings. The molecule has 4 heteroatoms. The van der Waals surface area contributed by atoms with Crippen LogP contribution in [0.2, 0.25) is 0 Å². The van der Waals surface area contributed by atoms with Gasteiger partial charge in [-0.15, -0.1) is 0 Å². The molecule has 0 radical (unpaired) electrons. The number of phenols is 2. The highest BCUT2D eigenvalue weighted by atomic mass is 79.9. The van der Waals surface area contributed by atoms with Gasteiger partial charge in [0.15, 0.2) is 11.5 Å². The molecule has 76 valence electrons. The lowest BCUT2D eigenvalue weighted by molar-refractivity contribution is 0.151. The Hall–Kier alpha value is -0.740. The molecule has 1 aromatic carbocycles. The molecule has 0 heterocycles. The smallest absolute Gasteiger partial charge is 0.171 e. The first-order chi connectivity index (χ1) is 6.50. The number of hydrogen-bond donors (Lipinski definition) is 3. The van der Waals surface area contributed by atoms with Crippen LogP contribution in [0, 0.1) is 0 Å². The lowest BCUT2D eigenvalue weighted by atomic mass is 10.1. The molecule has 0 bridgehead atoms. The van der Waals surface area contributed by atoms with Crippen LogP contribution in [0.1, 0.15) is 18.4 Å². The van der Waals surface area contributed by atoms with Gasteiger partial charge in [-0.3, -0.25) is 0 Å². The maximum atomic E-state index is 9.67. The van der Waals surface area contributed by atoms with Crippen LogP contribution in [-0.4, -0.2) is 20.9 Å². The van der Waals surface area contributed by atoms with Gasteiger partial charge in [0.05, 0.1) is 10.1 Å². The second kappa shape index (κ2) is 3.14. The van der Waals surface area contributed by atoms with Crippen molar-refractivity contribution in [3.05, 3.63) is 22.2 Å². The molecule has 2 rings (SSSR count). The maximum Gasteiger partial charge on any atom is 0.171 e. The second-order valence-electron chi connectivity index (χ2n) is 3.85. The van der Waals surface area contributed by atoms with E-state index in [9.17, 15) is 15.3 Å².